The molecule has 0 aliphatic heterocycles. The maximum atomic E-state index is 5.55. The molecule has 1 fully saturated rings. The van der Waals surface area contributed by atoms with Crippen molar-refractivity contribution in [1.29, 1.82) is 0 Å². The van der Waals surface area contributed by atoms with Crippen molar-refractivity contribution < 1.29 is 9.47 Å². The fraction of sp³-hybridized carbons (Fsp3) is 0.346. The van der Waals surface area contributed by atoms with Crippen LogP contribution >= 0.6 is 0 Å². The van der Waals surface area contributed by atoms with Crippen LogP contribution in [0.15, 0.2) is 55.0 Å². The molecule has 1 aliphatic carbocycles. The van der Waals surface area contributed by atoms with E-state index >= 15 is 0 Å². The number of hydrogen-bond donors (Lipinski definition) is 0. The second kappa shape index (κ2) is 8.39. The van der Waals surface area contributed by atoms with Crippen molar-refractivity contribution in [3.05, 3.63) is 55.0 Å². The van der Waals surface area contributed by atoms with E-state index in [2.05, 4.69) is 46.2 Å². The molecule has 2 aromatic heterocycles. The highest BCUT2D eigenvalue weighted by Gasteiger charge is 2.34. The molecule has 0 amide bonds. The van der Waals surface area contributed by atoms with Gasteiger partial charge in [0.05, 0.1) is 43.3 Å². The maximum absolute atomic E-state index is 5.55. The number of ether oxygens (including phenoxy) is 2. The van der Waals surface area contributed by atoms with Crippen molar-refractivity contribution in [3.63, 3.8) is 0 Å². The van der Waals surface area contributed by atoms with E-state index in [4.69, 9.17) is 14.5 Å². The zero-order valence-electron chi connectivity index (χ0n) is 19.6. The van der Waals surface area contributed by atoms with Crippen LogP contribution in [0.5, 0.6) is 11.5 Å². The lowest BCUT2D eigenvalue weighted by Crippen LogP contribution is -2.38. The molecule has 0 bridgehead atoms. The Bertz CT molecular complexity index is 1270. The number of fused-ring (bicyclic) bond motifs is 1. The average Bonchev–Trinajstić information content (AvgIpc) is 3.26. The molecular weight excluding hydrogens is 414 g/mol. The van der Waals surface area contributed by atoms with Crippen molar-refractivity contribution >= 4 is 22.4 Å². The van der Waals surface area contributed by atoms with Gasteiger partial charge in [-0.25, -0.2) is 4.98 Å². The Morgan fingerprint density at radius 2 is 1.73 bits per heavy atom. The Hall–Kier alpha value is -3.61. The molecule has 5 rings (SSSR count). The van der Waals surface area contributed by atoms with Gasteiger partial charge in [0, 0.05) is 54.9 Å². The summed E-state index contributed by atoms with van der Waals surface area (Å²) in [6, 6.07) is 12.3. The van der Waals surface area contributed by atoms with E-state index in [1.54, 1.807) is 25.1 Å². The average molecular weight is 444 g/mol. The number of hydrogen-bond acceptors (Lipinski definition) is 6. The van der Waals surface area contributed by atoms with E-state index in [1.165, 1.54) is 19.3 Å². The first-order chi connectivity index (χ1) is 16.0. The molecular formula is C26H29N5O2. The summed E-state index contributed by atoms with van der Waals surface area (Å²) >= 11 is 0. The van der Waals surface area contributed by atoms with Crippen LogP contribution in [0.1, 0.15) is 26.2 Å². The van der Waals surface area contributed by atoms with Crippen molar-refractivity contribution in [2.75, 3.05) is 25.7 Å². The molecule has 0 radical (unpaired) electrons. The Morgan fingerprint density at radius 1 is 0.970 bits per heavy atom. The van der Waals surface area contributed by atoms with Crippen molar-refractivity contribution in [2.24, 2.45) is 12.5 Å². The van der Waals surface area contributed by atoms with Gasteiger partial charge >= 0.3 is 0 Å². The third kappa shape index (κ3) is 4.23. The normalized spacial score (nSPS) is 14.7. The van der Waals surface area contributed by atoms with E-state index < -0.39 is 0 Å². The van der Waals surface area contributed by atoms with Crippen LogP contribution in [-0.2, 0) is 7.05 Å². The predicted molar refractivity (Wildman–Crippen MR) is 130 cm³/mol. The second-order valence-electron chi connectivity index (χ2n) is 9.15. The van der Waals surface area contributed by atoms with Crippen LogP contribution in [0.2, 0.25) is 0 Å². The Labute approximate surface area is 194 Å². The summed E-state index contributed by atoms with van der Waals surface area (Å²) in [5, 5.41) is 4.26. The summed E-state index contributed by atoms with van der Waals surface area (Å²) in [6.45, 7) is 3.27. The van der Waals surface area contributed by atoms with Crippen molar-refractivity contribution in [3.8, 4) is 22.8 Å². The molecule has 0 saturated heterocycles. The van der Waals surface area contributed by atoms with Crippen LogP contribution in [0, 0.1) is 5.41 Å². The minimum Gasteiger partial charge on any atom is -0.497 e. The van der Waals surface area contributed by atoms with Gasteiger partial charge in [-0.05, 0) is 36.5 Å². The summed E-state index contributed by atoms with van der Waals surface area (Å²) < 4.78 is 12.9. The van der Waals surface area contributed by atoms with Crippen molar-refractivity contribution in [1.82, 2.24) is 19.7 Å². The summed E-state index contributed by atoms with van der Waals surface area (Å²) in [7, 11) is 5.26. The van der Waals surface area contributed by atoms with Gasteiger partial charge in [-0.2, -0.15) is 5.10 Å². The number of nitrogens with zero attached hydrogens (tertiary/aromatic N) is 5. The van der Waals surface area contributed by atoms with Crippen LogP contribution in [0.4, 0.5) is 11.4 Å². The zero-order valence-corrected chi connectivity index (χ0v) is 19.6. The van der Waals surface area contributed by atoms with Crippen LogP contribution < -0.4 is 14.4 Å². The second-order valence-corrected chi connectivity index (χ2v) is 9.15. The minimum atomic E-state index is 0.272. The topological polar surface area (TPSA) is 65.3 Å². The van der Waals surface area contributed by atoms with Gasteiger partial charge in [0.2, 0.25) is 0 Å². The Kier molecular flexibility index (Phi) is 5.40. The number of aryl methyl sites for hydroxylation is 1. The number of aromatic nitrogens is 4. The van der Waals surface area contributed by atoms with Gasteiger partial charge in [-0.15, -0.1) is 0 Å². The molecule has 7 nitrogen and oxygen atoms in total. The fourth-order valence-corrected chi connectivity index (χ4v) is 4.46. The Morgan fingerprint density at radius 3 is 2.33 bits per heavy atom. The molecule has 1 saturated carbocycles. The van der Waals surface area contributed by atoms with E-state index in [0.717, 1.165) is 51.7 Å². The lowest BCUT2D eigenvalue weighted by atomic mass is 9.70. The molecule has 0 unspecified atom stereocenters. The highest BCUT2D eigenvalue weighted by molar-refractivity contribution is 5.82. The van der Waals surface area contributed by atoms with Gasteiger partial charge in [-0.3, -0.25) is 9.67 Å². The lowest BCUT2D eigenvalue weighted by molar-refractivity contribution is 0.172. The third-order valence-corrected chi connectivity index (χ3v) is 6.59. The summed E-state index contributed by atoms with van der Waals surface area (Å²) in [5.74, 6) is 1.54. The molecule has 7 heteroatoms. The van der Waals surface area contributed by atoms with Gasteiger partial charge in [0.25, 0.3) is 0 Å². The standard InChI is InChI=1S/C26H29N5O2/c1-26(8-5-9-26)17-31(20-10-21(32-3)13-22(11-20)33-4)19-6-7-23-24(12-19)29-25(15-27-23)18-14-28-30(2)16-18/h6-7,10-16H,5,8-9,17H2,1-4H3. The van der Waals surface area contributed by atoms with Crippen LogP contribution in [-0.4, -0.2) is 40.5 Å². The largest absolute Gasteiger partial charge is 0.497 e. The first-order valence-corrected chi connectivity index (χ1v) is 11.2. The summed E-state index contributed by atoms with van der Waals surface area (Å²) in [4.78, 5) is 11.9. The number of rotatable bonds is 7. The Balaban J connectivity index is 1.60. The van der Waals surface area contributed by atoms with Gasteiger partial charge < -0.3 is 14.4 Å². The van der Waals surface area contributed by atoms with Crippen molar-refractivity contribution in [2.45, 2.75) is 26.2 Å². The van der Waals surface area contributed by atoms with Crippen LogP contribution in [0.3, 0.4) is 0 Å². The predicted octanol–water partition coefficient (Wildman–Crippen LogP) is 5.38. The molecule has 170 valence electrons. The fourth-order valence-electron chi connectivity index (χ4n) is 4.46. The molecule has 2 heterocycles. The molecule has 2 aromatic carbocycles. The molecule has 0 spiro atoms. The van der Waals surface area contributed by atoms with Gasteiger partial charge in [0.1, 0.15) is 11.5 Å². The van der Waals surface area contributed by atoms with E-state index in [0.29, 0.717) is 0 Å². The molecule has 0 N–H and O–H groups in total. The van der Waals surface area contributed by atoms with Gasteiger partial charge in [0.15, 0.2) is 0 Å². The smallest absolute Gasteiger partial charge is 0.124 e. The van der Waals surface area contributed by atoms with E-state index in [9.17, 15) is 0 Å². The molecule has 1 aliphatic rings. The maximum Gasteiger partial charge on any atom is 0.124 e. The monoisotopic (exact) mass is 443 g/mol. The highest BCUT2D eigenvalue weighted by atomic mass is 16.5. The lowest BCUT2D eigenvalue weighted by Gasteiger charge is -2.43. The molecule has 0 atom stereocenters. The minimum absolute atomic E-state index is 0.272. The molecule has 4 aromatic rings. The van der Waals surface area contributed by atoms with Crippen LogP contribution in [0.25, 0.3) is 22.3 Å². The quantitative estimate of drug-likeness (QED) is 0.382. The third-order valence-electron chi connectivity index (χ3n) is 6.59. The number of anilines is 2. The number of benzene rings is 2. The molecule has 33 heavy (non-hydrogen) atoms. The zero-order chi connectivity index (χ0) is 23.0. The van der Waals surface area contributed by atoms with E-state index in [1.807, 2.05) is 31.6 Å². The summed E-state index contributed by atoms with van der Waals surface area (Å²) in [6.07, 6.45) is 9.30. The van der Waals surface area contributed by atoms with Gasteiger partial charge in [-0.1, -0.05) is 13.3 Å². The number of methoxy groups -OCH3 is 2. The summed E-state index contributed by atoms with van der Waals surface area (Å²) in [5.41, 5.74) is 5.87. The highest BCUT2D eigenvalue weighted by Crippen LogP contribution is 2.44. The first kappa shape index (κ1) is 21.2. The van der Waals surface area contributed by atoms with E-state index in [-0.39, 0.29) is 5.41 Å². The SMILES string of the molecule is COc1cc(OC)cc(N(CC2(C)CCC2)c2ccc3ncc(-c4cnn(C)c4)nc3c2)c1. The first-order valence-electron chi connectivity index (χ1n) is 11.2.